The van der Waals surface area contributed by atoms with Gasteiger partial charge in [-0.1, -0.05) is 84.6 Å². The van der Waals surface area contributed by atoms with Crippen LogP contribution in [0.2, 0.25) is 0 Å². The molecule has 1 amide bonds. The van der Waals surface area contributed by atoms with Crippen molar-refractivity contribution in [2.45, 2.75) is 19.1 Å². The molecular formula is C30H25N3O4S3. The highest BCUT2D eigenvalue weighted by atomic mass is 32.2. The van der Waals surface area contributed by atoms with E-state index in [-0.39, 0.29) is 17.4 Å². The summed E-state index contributed by atoms with van der Waals surface area (Å²) in [6.45, 7) is 0.439. The van der Waals surface area contributed by atoms with Gasteiger partial charge in [-0.15, -0.1) is 0 Å². The molecule has 0 saturated carbocycles. The smallest absolute Gasteiger partial charge is 0.266 e. The molecule has 1 unspecified atom stereocenters. The molecule has 2 saturated heterocycles. The second kappa shape index (κ2) is 11.0. The molecular weight excluding hydrogens is 563 g/mol. The lowest BCUT2D eigenvalue weighted by Crippen LogP contribution is -2.39. The minimum atomic E-state index is -3.16. The molecule has 202 valence electrons. The summed E-state index contributed by atoms with van der Waals surface area (Å²) in [5.41, 5.74) is 4.21. The number of hydrogen-bond acceptors (Lipinski definition) is 7. The molecule has 3 heterocycles. The van der Waals surface area contributed by atoms with Gasteiger partial charge in [-0.25, -0.2) is 13.1 Å². The first-order valence-corrected chi connectivity index (χ1v) is 15.8. The Labute approximate surface area is 242 Å². The van der Waals surface area contributed by atoms with Crippen molar-refractivity contribution >= 4 is 50.1 Å². The number of para-hydroxylation sites is 1. The van der Waals surface area contributed by atoms with E-state index in [2.05, 4.69) is 0 Å². The van der Waals surface area contributed by atoms with Crippen molar-refractivity contribution in [3.63, 3.8) is 0 Å². The van der Waals surface area contributed by atoms with Crippen LogP contribution in [0.25, 0.3) is 23.0 Å². The molecule has 1 aromatic heterocycles. The maximum absolute atomic E-state index is 13.4. The van der Waals surface area contributed by atoms with E-state index >= 15 is 0 Å². The van der Waals surface area contributed by atoms with Crippen LogP contribution in [0.5, 0.6) is 5.75 Å². The summed E-state index contributed by atoms with van der Waals surface area (Å²) in [4.78, 5) is 15.3. The van der Waals surface area contributed by atoms with Gasteiger partial charge in [0.25, 0.3) is 5.91 Å². The zero-order chi connectivity index (χ0) is 27.7. The number of aromatic nitrogens is 2. The number of nitrogens with zero attached hydrogens (tertiary/aromatic N) is 3. The van der Waals surface area contributed by atoms with Crippen molar-refractivity contribution in [3.05, 3.63) is 107 Å². The highest BCUT2D eigenvalue weighted by Gasteiger charge is 2.42. The highest BCUT2D eigenvalue weighted by molar-refractivity contribution is 8.26. The van der Waals surface area contributed by atoms with Gasteiger partial charge in [0.15, 0.2) is 9.84 Å². The standard InChI is InChI=1S/C30H25N3O4S3/c34-29-27(39-30(38)33(29)25-14-15-40(35,36)20-25)17-23-18-32(24-11-5-2-6-12-24)31-28(23)22-10-7-13-26(16-22)37-19-21-8-3-1-4-9-21/h1-13,16-18,25H,14-15,19-20H2/b27-17-. The fourth-order valence-electron chi connectivity index (χ4n) is 4.82. The van der Waals surface area contributed by atoms with Crippen LogP contribution in [0.4, 0.5) is 0 Å². The number of thiocarbonyl (C=S) groups is 1. The number of benzene rings is 3. The van der Waals surface area contributed by atoms with Crippen molar-refractivity contribution in [3.8, 4) is 22.7 Å². The second-order valence-electron chi connectivity index (χ2n) is 9.62. The molecule has 0 bridgehead atoms. The summed E-state index contributed by atoms with van der Waals surface area (Å²) in [7, 11) is -3.16. The molecule has 6 rings (SSSR count). The number of rotatable bonds is 7. The predicted octanol–water partition coefficient (Wildman–Crippen LogP) is 5.51. The molecule has 2 fully saturated rings. The Kier molecular flexibility index (Phi) is 7.31. The zero-order valence-electron chi connectivity index (χ0n) is 21.3. The Bertz CT molecular complexity index is 1720. The van der Waals surface area contributed by atoms with E-state index in [1.807, 2.05) is 91.1 Å². The summed E-state index contributed by atoms with van der Waals surface area (Å²) < 4.78 is 32.3. The molecule has 0 aliphatic carbocycles. The molecule has 2 aliphatic heterocycles. The third-order valence-electron chi connectivity index (χ3n) is 6.80. The van der Waals surface area contributed by atoms with Gasteiger partial charge in [-0.05, 0) is 42.3 Å². The lowest BCUT2D eigenvalue weighted by molar-refractivity contribution is -0.123. The Balaban J connectivity index is 1.34. The van der Waals surface area contributed by atoms with E-state index in [9.17, 15) is 13.2 Å². The third-order valence-corrected chi connectivity index (χ3v) is 9.88. The summed E-state index contributed by atoms with van der Waals surface area (Å²) >= 11 is 6.71. The van der Waals surface area contributed by atoms with Crippen molar-refractivity contribution < 1.29 is 17.9 Å². The summed E-state index contributed by atoms with van der Waals surface area (Å²) in [6.07, 6.45) is 4.08. The van der Waals surface area contributed by atoms with Crippen LogP contribution in [0.15, 0.2) is 96.0 Å². The minimum Gasteiger partial charge on any atom is -0.489 e. The zero-order valence-corrected chi connectivity index (χ0v) is 23.8. The minimum absolute atomic E-state index is 0.0559. The molecule has 40 heavy (non-hydrogen) atoms. The largest absolute Gasteiger partial charge is 0.489 e. The van der Waals surface area contributed by atoms with Gasteiger partial charge in [0, 0.05) is 17.3 Å². The van der Waals surface area contributed by atoms with Gasteiger partial charge in [0.2, 0.25) is 0 Å². The molecule has 2 aliphatic rings. The molecule has 1 atom stereocenters. The van der Waals surface area contributed by atoms with E-state index in [1.165, 1.54) is 16.7 Å². The second-order valence-corrected chi connectivity index (χ2v) is 13.5. The average Bonchev–Trinajstić information content (AvgIpc) is 3.63. The van der Waals surface area contributed by atoms with Crippen molar-refractivity contribution in [1.29, 1.82) is 0 Å². The van der Waals surface area contributed by atoms with Gasteiger partial charge in [0.1, 0.15) is 22.4 Å². The lowest BCUT2D eigenvalue weighted by Gasteiger charge is -2.20. The van der Waals surface area contributed by atoms with Crippen LogP contribution in [-0.2, 0) is 21.2 Å². The van der Waals surface area contributed by atoms with E-state index < -0.39 is 15.9 Å². The highest BCUT2D eigenvalue weighted by Crippen LogP contribution is 2.38. The van der Waals surface area contributed by atoms with Crippen molar-refractivity contribution in [2.24, 2.45) is 0 Å². The summed E-state index contributed by atoms with van der Waals surface area (Å²) in [5, 5.41) is 4.88. The van der Waals surface area contributed by atoms with Gasteiger partial charge in [0.05, 0.1) is 28.1 Å². The molecule has 4 aromatic rings. The number of carbonyl (C=O) groups excluding carboxylic acids is 1. The van der Waals surface area contributed by atoms with Gasteiger partial charge < -0.3 is 4.74 Å². The maximum atomic E-state index is 13.4. The van der Waals surface area contributed by atoms with E-state index in [1.54, 1.807) is 10.8 Å². The summed E-state index contributed by atoms with van der Waals surface area (Å²) in [5.74, 6) is 0.454. The van der Waals surface area contributed by atoms with Crippen LogP contribution in [0.1, 0.15) is 17.5 Å². The number of thioether (sulfide) groups is 1. The first-order valence-electron chi connectivity index (χ1n) is 12.8. The molecule has 0 radical (unpaired) electrons. The van der Waals surface area contributed by atoms with Crippen molar-refractivity contribution in [2.75, 3.05) is 11.5 Å². The number of sulfone groups is 1. The lowest BCUT2D eigenvalue weighted by atomic mass is 10.1. The van der Waals surface area contributed by atoms with Crippen LogP contribution < -0.4 is 4.74 Å². The third kappa shape index (κ3) is 5.60. The first-order chi connectivity index (χ1) is 19.4. The van der Waals surface area contributed by atoms with Crippen LogP contribution in [-0.4, -0.2) is 50.9 Å². The van der Waals surface area contributed by atoms with Gasteiger partial charge in [-0.3, -0.25) is 9.69 Å². The fraction of sp³-hybridized carbons (Fsp3) is 0.167. The topological polar surface area (TPSA) is 81.5 Å². The maximum Gasteiger partial charge on any atom is 0.266 e. The molecule has 10 heteroatoms. The average molecular weight is 588 g/mol. The molecule has 0 N–H and O–H groups in total. The molecule has 3 aromatic carbocycles. The van der Waals surface area contributed by atoms with E-state index in [0.29, 0.717) is 33.7 Å². The summed E-state index contributed by atoms with van der Waals surface area (Å²) in [6, 6.07) is 27.0. The van der Waals surface area contributed by atoms with Crippen LogP contribution in [0.3, 0.4) is 0 Å². The number of amides is 1. The quantitative estimate of drug-likeness (QED) is 0.208. The fourth-order valence-corrected chi connectivity index (χ4v) is 7.91. The monoisotopic (exact) mass is 587 g/mol. The number of hydrogen-bond donors (Lipinski definition) is 0. The first kappa shape index (κ1) is 26.5. The van der Waals surface area contributed by atoms with Crippen LogP contribution >= 0.6 is 24.0 Å². The Morgan fingerprint density at radius 2 is 1.77 bits per heavy atom. The number of carbonyl (C=O) groups is 1. The van der Waals surface area contributed by atoms with E-state index in [0.717, 1.165) is 22.4 Å². The van der Waals surface area contributed by atoms with Gasteiger partial charge >= 0.3 is 0 Å². The van der Waals surface area contributed by atoms with E-state index in [4.69, 9.17) is 22.1 Å². The Morgan fingerprint density at radius 3 is 2.50 bits per heavy atom. The SMILES string of the molecule is O=C1/C(=C/c2cn(-c3ccccc3)nc2-c2cccc(OCc3ccccc3)c2)SC(=S)N1C1CCS(=O)(=O)C1. The molecule has 0 spiro atoms. The van der Waals surface area contributed by atoms with Crippen LogP contribution in [0, 0.1) is 0 Å². The molecule has 7 nitrogen and oxygen atoms in total. The normalized spacial score (nSPS) is 19.4. The Morgan fingerprint density at radius 1 is 1.02 bits per heavy atom. The van der Waals surface area contributed by atoms with Crippen molar-refractivity contribution in [1.82, 2.24) is 14.7 Å². The Hall–Kier alpha value is -3.73. The predicted molar refractivity (Wildman–Crippen MR) is 162 cm³/mol. The number of ether oxygens (including phenoxy) is 1. The van der Waals surface area contributed by atoms with Gasteiger partial charge in [-0.2, -0.15) is 5.10 Å².